The normalized spacial score (nSPS) is 14.0. The molecule has 0 spiro atoms. The van der Waals surface area contributed by atoms with Crippen molar-refractivity contribution in [1.29, 1.82) is 0 Å². The summed E-state index contributed by atoms with van der Waals surface area (Å²) in [5.74, 6) is -0.482. The Morgan fingerprint density at radius 2 is 1.36 bits per heavy atom. The van der Waals surface area contributed by atoms with Crippen molar-refractivity contribution < 1.29 is 19.1 Å². The van der Waals surface area contributed by atoms with Crippen LogP contribution in [0.4, 0.5) is 0 Å². The fourth-order valence-electron chi connectivity index (χ4n) is 2.49. The van der Waals surface area contributed by atoms with Gasteiger partial charge in [-0.15, -0.1) is 0 Å². The number of halogens is 3. The third kappa shape index (κ3) is 3.45. The molecular weight excluding hydrogens is 520 g/mol. The molecule has 0 saturated carbocycles. The third-order valence-electron chi connectivity index (χ3n) is 3.82. The molecule has 7 heteroatoms. The Kier molecular flexibility index (Phi) is 5.46. The quantitative estimate of drug-likeness (QED) is 0.447. The standard InChI is InChI=1S/C10H7BrO2.C8H4Br2O2/c1-2-6-3-4-7-8(9(6)11)5-13-10(7)12;9-6-2-1-4-5(7(6)10)3-12-8(4)11/h2-4H,1,5H2;1-2H,3H2. The van der Waals surface area contributed by atoms with Crippen LogP contribution in [-0.4, -0.2) is 11.9 Å². The number of carbonyl (C=O) groups excluding carboxylic acids is 2. The van der Waals surface area contributed by atoms with Gasteiger partial charge in [-0.3, -0.25) is 0 Å². The van der Waals surface area contributed by atoms with Gasteiger partial charge in [0.05, 0.1) is 11.1 Å². The van der Waals surface area contributed by atoms with E-state index in [0.717, 1.165) is 30.1 Å². The highest BCUT2D eigenvalue weighted by atomic mass is 79.9. The van der Waals surface area contributed by atoms with Gasteiger partial charge in [0.2, 0.25) is 0 Å². The third-order valence-corrected chi connectivity index (χ3v) is 6.86. The molecule has 2 aliphatic heterocycles. The predicted octanol–water partition coefficient (Wildman–Crippen LogP) is 5.64. The summed E-state index contributed by atoms with van der Waals surface area (Å²) in [6, 6.07) is 7.21. The van der Waals surface area contributed by atoms with Crippen molar-refractivity contribution in [1.82, 2.24) is 0 Å². The van der Waals surface area contributed by atoms with Crippen LogP contribution in [-0.2, 0) is 22.7 Å². The maximum absolute atomic E-state index is 11.1. The SMILES string of the molecule is C=Cc1ccc2c(c1Br)COC2=O.O=C1OCc2c1ccc(Br)c2Br. The minimum atomic E-state index is -0.244. The molecule has 2 aliphatic rings. The summed E-state index contributed by atoms with van der Waals surface area (Å²) >= 11 is 10.2. The largest absolute Gasteiger partial charge is 0.457 e. The van der Waals surface area contributed by atoms with Gasteiger partial charge in [0, 0.05) is 24.5 Å². The van der Waals surface area contributed by atoms with Gasteiger partial charge in [0.1, 0.15) is 13.2 Å². The summed E-state index contributed by atoms with van der Waals surface area (Å²) in [5, 5.41) is 0. The monoisotopic (exact) mass is 528 g/mol. The van der Waals surface area contributed by atoms with Crippen LogP contribution in [0.25, 0.3) is 6.08 Å². The molecule has 0 aromatic heterocycles. The second-order valence-corrected chi connectivity index (χ2v) is 7.68. The maximum atomic E-state index is 11.1. The molecule has 0 fully saturated rings. The smallest absolute Gasteiger partial charge is 0.338 e. The van der Waals surface area contributed by atoms with Crippen molar-refractivity contribution in [2.24, 2.45) is 0 Å². The highest BCUT2D eigenvalue weighted by molar-refractivity contribution is 9.13. The number of ether oxygens (including phenoxy) is 2. The van der Waals surface area contributed by atoms with Crippen LogP contribution in [0.1, 0.15) is 37.4 Å². The zero-order valence-corrected chi connectivity index (χ0v) is 17.5. The van der Waals surface area contributed by atoms with E-state index in [2.05, 4.69) is 54.4 Å². The highest BCUT2D eigenvalue weighted by Gasteiger charge is 2.24. The first-order valence-electron chi connectivity index (χ1n) is 7.19. The molecule has 4 rings (SSSR count). The number of fused-ring (bicyclic) bond motifs is 2. The van der Waals surface area contributed by atoms with E-state index in [1.165, 1.54) is 0 Å². The fraction of sp³-hybridized carbons (Fsp3) is 0.111. The van der Waals surface area contributed by atoms with E-state index in [0.29, 0.717) is 24.3 Å². The summed E-state index contributed by atoms with van der Waals surface area (Å²) in [6.07, 6.45) is 1.74. The van der Waals surface area contributed by atoms with E-state index in [4.69, 9.17) is 9.47 Å². The topological polar surface area (TPSA) is 52.6 Å². The van der Waals surface area contributed by atoms with Crippen molar-refractivity contribution in [2.45, 2.75) is 13.2 Å². The molecular formula is C18H11Br3O4. The number of rotatable bonds is 1. The average Bonchev–Trinajstić information content (AvgIpc) is 3.17. The van der Waals surface area contributed by atoms with Crippen LogP contribution < -0.4 is 0 Å². The number of hydrogen-bond donors (Lipinski definition) is 0. The van der Waals surface area contributed by atoms with Gasteiger partial charge in [-0.2, -0.15) is 0 Å². The van der Waals surface area contributed by atoms with Gasteiger partial charge in [0.15, 0.2) is 0 Å². The summed E-state index contributed by atoms with van der Waals surface area (Å²) in [5.41, 5.74) is 4.14. The van der Waals surface area contributed by atoms with Crippen molar-refractivity contribution in [2.75, 3.05) is 0 Å². The van der Waals surface area contributed by atoms with Crippen LogP contribution in [0.5, 0.6) is 0 Å². The lowest BCUT2D eigenvalue weighted by molar-refractivity contribution is 0.0526. The van der Waals surface area contributed by atoms with Crippen LogP contribution in [0.3, 0.4) is 0 Å². The lowest BCUT2D eigenvalue weighted by Crippen LogP contribution is -1.93. The van der Waals surface area contributed by atoms with E-state index in [-0.39, 0.29) is 11.9 Å². The first-order valence-corrected chi connectivity index (χ1v) is 9.57. The lowest BCUT2D eigenvalue weighted by atomic mass is 10.1. The lowest BCUT2D eigenvalue weighted by Gasteiger charge is -2.01. The van der Waals surface area contributed by atoms with Gasteiger partial charge >= 0.3 is 11.9 Å². The van der Waals surface area contributed by atoms with Crippen molar-refractivity contribution in [3.05, 3.63) is 72.1 Å². The van der Waals surface area contributed by atoms with Crippen molar-refractivity contribution in [3.63, 3.8) is 0 Å². The van der Waals surface area contributed by atoms with Crippen LogP contribution in [0.2, 0.25) is 0 Å². The molecule has 4 nitrogen and oxygen atoms in total. The van der Waals surface area contributed by atoms with Crippen LogP contribution >= 0.6 is 47.8 Å². The molecule has 0 radical (unpaired) electrons. The minimum Gasteiger partial charge on any atom is -0.457 e. The Morgan fingerprint density at radius 3 is 1.92 bits per heavy atom. The molecule has 2 heterocycles. The maximum Gasteiger partial charge on any atom is 0.338 e. The molecule has 128 valence electrons. The minimum absolute atomic E-state index is 0.238. The van der Waals surface area contributed by atoms with Gasteiger partial charge in [-0.25, -0.2) is 9.59 Å². The average molecular weight is 531 g/mol. The predicted molar refractivity (Wildman–Crippen MR) is 104 cm³/mol. The Bertz CT molecular complexity index is 906. The van der Waals surface area contributed by atoms with Gasteiger partial charge in [0.25, 0.3) is 0 Å². The Balaban J connectivity index is 0.000000146. The van der Waals surface area contributed by atoms with Gasteiger partial charge in [-0.1, -0.05) is 18.7 Å². The zero-order valence-electron chi connectivity index (χ0n) is 12.8. The van der Waals surface area contributed by atoms with E-state index >= 15 is 0 Å². The zero-order chi connectivity index (χ0) is 18.1. The second kappa shape index (κ2) is 7.43. The second-order valence-electron chi connectivity index (χ2n) is 5.24. The van der Waals surface area contributed by atoms with E-state index in [1.807, 2.05) is 12.1 Å². The molecule has 0 saturated heterocycles. The van der Waals surface area contributed by atoms with E-state index in [9.17, 15) is 9.59 Å². The van der Waals surface area contributed by atoms with Gasteiger partial charge in [-0.05, 0) is 71.6 Å². The Hall–Kier alpha value is -1.44. The number of esters is 2. The highest BCUT2D eigenvalue weighted by Crippen LogP contribution is 2.33. The first kappa shape index (κ1) is 18.4. The number of benzene rings is 2. The molecule has 0 atom stereocenters. The molecule has 0 aliphatic carbocycles. The fourth-order valence-corrected chi connectivity index (χ4v) is 3.94. The van der Waals surface area contributed by atoms with Crippen LogP contribution in [0, 0.1) is 0 Å². The Morgan fingerprint density at radius 1 is 0.840 bits per heavy atom. The number of hydrogen-bond acceptors (Lipinski definition) is 4. The summed E-state index contributed by atoms with van der Waals surface area (Å²) < 4.78 is 12.5. The molecule has 25 heavy (non-hydrogen) atoms. The van der Waals surface area contributed by atoms with E-state index < -0.39 is 0 Å². The first-order chi connectivity index (χ1) is 11.9. The summed E-state index contributed by atoms with van der Waals surface area (Å²) in [4.78, 5) is 22.2. The molecule has 0 N–H and O–H groups in total. The Labute approximate surface area is 169 Å². The molecule has 0 amide bonds. The number of carbonyl (C=O) groups is 2. The molecule has 2 aromatic rings. The van der Waals surface area contributed by atoms with E-state index in [1.54, 1.807) is 18.2 Å². The molecule has 0 bridgehead atoms. The van der Waals surface area contributed by atoms with Crippen molar-refractivity contribution in [3.8, 4) is 0 Å². The molecule has 2 aromatic carbocycles. The van der Waals surface area contributed by atoms with Crippen LogP contribution in [0.15, 0.2) is 44.3 Å². The molecule has 0 unspecified atom stereocenters. The van der Waals surface area contributed by atoms with Crippen molar-refractivity contribution >= 4 is 65.8 Å². The number of cyclic esters (lactones) is 2. The summed E-state index contributed by atoms with van der Waals surface area (Å²) in [6.45, 7) is 4.41. The summed E-state index contributed by atoms with van der Waals surface area (Å²) in [7, 11) is 0. The van der Waals surface area contributed by atoms with Gasteiger partial charge < -0.3 is 9.47 Å².